The maximum atomic E-state index is 10.7. The fraction of sp³-hybridized carbons (Fsp3) is 0.875. The third kappa shape index (κ3) is 0.870. The lowest BCUT2D eigenvalue weighted by atomic mass is 9.71. The second-order valence-corrected chi connectivity index (χ2v) is 3.56. The van der Waals surface area contributed by atoms with Crippen molar-refractivity contribution < 1.29 is 4.79 Å². The van der Waals surface area contributed by atoms with Gasteiger partial charge in [-0.3, -0.25) is 4.79 Å². The van der Waals surface area contributed by atoms with Gasteiger partial charge in [0.15, 0.2) is 0 Å². The van der Waals surface area contributed by atoms with Gasteiger partial charge in [0.1, 0.15) is 5.78 Å². The van der Waals surface area contributed by atoms with Gasteiger partial charge in [-0.25, -0.2) is 0 Å². The highest BCUT2D eigenvalue weighted by Crippen LogP contribution is 2.35. The average molecular weight is 139 g/mol. The van der Waals surface area contributed by atoms with Crippen LogP contribution in [-0.4, -0.2) is 17.9 Å². The molecule has 10 heavy (non-hydrogen) atoms. The summed E-state index contributed by atoms with van der Waals surface area (Å²) in [5, 5.41) is 3.44. The molecule has 0 radical (unpaired) electrons. The molecule has 1 aliphatic heterocycles. The number of Topliss-reactive ketones (excluding diaryl/α,β-unsaturated/α-hetero) is 1. The molecule has 2 heteroatoms. The minimum Gasteiger partial charge on any atom is -0.310 e. The molecule has 2 fully saturated rings. The Morgan fingerprint density at radius 3 is 2.60 bits per heavy atom. The van der Waals surface area contributed by atoms with Gasteiger partial charge in [-0.05, 0) is 19.4 Å². The number of piperidine rings is 1. The van der Waals surface area contributed by atoms with Crippen molar-refractivity contribution in [1.29, 1.82) is 0 Å². The Morgan fingerprint density at radius 1 is 1.30 bits per heavy atom. The molecule has 1 heterocycles. The zero-order valence-electron chi connectivity index (χ0n) is 6.15. The Bertz CT molecular complexity index is 149. The molecule has 1 saturated heterocycles. The molecule has 1 aliphatic carbocycles. The maximum Gasteiger partial charge on any atom is 0.136 e. The van der Waals surface area contributed by atoms with Crippen molar-refractivity contribution in [3.8, 4) is 0 Å². The van der Waals surface area contributed by atoms with E-state index in [4.69, 9.17) is 0 Å². The third-order valence-electron chi connectivity index (χ3n) is 2.65. The highest BCUT2D eigenvalue weighted by molar-refractivity contribution is 5.87. The lowest BCUT2D eigenvalue weighted by Gasteiger charge is -2.44. The molecule has 0 atom stereocenters. The minimum absolute atomic E-state index is 0.273. The molecular weight excluding hydrogens is 126 g/mol. The molecule has 0 amide bonds. The lowest BCUT2D eigenvalue weighted by molar-refractivity contribution is -0.130. The van der Waals surface area contributed by atoms with Gasteiger partial charge < -0.3 is 5.32 Å². The SMILES string of the molecule is O=C1CC2(CCCCN2)C1. The highest BCUT2D eigenvalue weighted by Gasteiger charge is 2.43. The van der Waals surface area contributed by atoms with Crippen molar-refractivity contribution in [2.45, 2.75) is 37.6 Å². The Hall–Kier alpha value is -0.370. The Labute approximate surface area is 61.0 Å². The molecule has 0 unspecified atom stereocenters. The number of ketones is 1. The maximum absolute atomic E-state index is 10.7. The van der Waals surface area contributed by atoms with Crippen LogP contribution in [0.25, 0.3) is 0 Å². The predicted octanol–water partition coefficient (Wildman–Crippen LogP) is 0.862. The van der Waals surface area contributed by atoms with Gasteiger partial charge in [-0.15, -0.1) is 0 Å². The van der Waals surface area contributed by atoms with Crippen LogP contribution in [-0.2, 0) is 4.79 Å². The van der Waals surface area contributed by atoms with Crippen molar-refractivity contribution in [2.75, 3.05) is 6.54 Å². The number of hydrogen-bond donors (Lipinski definition) is 1. The van der Waals surface area contributed by atoms with Crippen LogP contribution in [0.1, 0.15) is 32.1 Å². The van der Waals surface area contributed by atoms with E-state index < -0.39 is 0 Å². The van der Waals surface area contributed by atoms with Crippen LogP contribution in [0, 0.1) is 0 Å². The molecule has 56 valence electrons. The molecule has 2 rings (SSSR count). The van der Waals surface area contributed by atoms with E-state index >= 15 is 0 Å². The van der Waals surface area contributed by atoms with E-state index in [9.17, 15) is 4.79 Å². The molecule has 0 aromatic carbocycles. The molecule has 0 bridgehead atoms. The summed E-state index contributed by atoms with van der Waals surface area (Å²) in [5.41, 5.74) is 0.273. The largest absolute Gasteiger partial charge is 0.310 e. The summed E-state index contributed by atoms with van der Waals surface area (Å²) in [5.74, 6) is 0.439. The standard InChI is InChI=1S/C8H13NO/c10-7-5-8(6-7)3-1-2-4-9-8/h9H,1-6H2. The van der Waals surface area contributed by atoms with Crippen molar-refractivity contribution in [2.24, 2.45) is 0 Å². The van der Waals surface area contributed by atoms with Gasteiger partial charge in [0.2, 0.25) is 0 Å². The summed E-state index contributed by atoms with van der Waals surface area (Å²) in [6, 6.07) is 0. The Morgan fingerprint density at radius 2 is 2.10 bits per heavy atom. The Kier molecular flexibility index (Phi) is 1.31. The first-order valence-corrected chi connectivity index (χ1v) is 4.08. The van der Waals surface area contributed by atoms with Crippen LogP contribution >= 0.6 is 0 Å². The lowest BCUT2D eigenvalue weighted by Crippen LogP contribution is -2.57. The fourth-order valence-electron chi connectivity index (χ4n) is 2.04. The Balaban J connectivity index is 1.96. The second-order valence-electron chi connectivity index (χ2n) is 3.56. The summed E-state index contributed by atoms with van der Waals surface area (Å²) in [6.45, 7) is 1.12. The van der Waals surface area contributed by atoms with Gasteiger partial charge in [0.25, 0.3) is 0 Å². The van der Waals surface area contributed by atoms with Crippen LogP contribution in [0.15, 0.2) is 0 Å². The van der Waals surface area contributed by atoms with E-state index in [-0.39, 0.29) is 5.54 Å². The van der Waals surface area contributed by atoms with E-state index in [1.807, 2.05) is 0 Å². The smallest absolute Gasteiger partial charge is 0.136 e. The zero-order chi connectivity index (χ0) is 7.03. The average Bonchev–Trinajstić information content (AvgIpc) is 1.87. The number of carbonyl (C=O) groups is 1. The summed E-state index contributed by atoms with van der Waals surface area (Å²) < 4.78 is 0. The summed E-state index contributed by atoms with van der Waals surface area (Å²) in [7, 11) is 0. The third-order valence-corrected chi connectivity index (χ3v) is 2.65. The van der Waals surface area contributed by atoms with Crippen molar-refractivity contribution in [3.63, 3.8) is 0 Å². The molecule has 0 aromatic rings. The van der Waals surface area contributed by atoms with E-state index in [1.165, 1.54) is 19.3 Å². The second kappa shape index (κ2) is 2.06. The first-order valence-electron chi connectivity index (χ1n) is 4.08. The van der Waals surface area contributed by atoms with Crippen LogP contribution in [0.3, 0.4) is 0 Å². The highest BCUT2D eigenvalue weighted by atomic mass is 16.1. The van der Waals surface area contributed by atoms with Gasteiger partial charge in [0.05, 0.1) is 0 Å². The zero-order valence-corrected chi connectivity index (χ0v) is 6.15. The van der Waals surface area contributed by atoms with E-state index in [1.54, 1.807) is 0 Å². The summed E-state index contributed by atoms with van der Waals surface area (Å²) in [6.07, 6.45) is 5.41. The quantitative estimate of drug-likeness (QED) is 0.539. The fourth-order valence-corrected chi connectivity index (χ4v) is 2.04. The summed E-state index contributed by atoms with van der Waals surface area (Å²) >= 11 is 0. The van der Waals surface area contributed by atoms with Crippen LogP contribution in [0.2, 0.25) is 0 Å². The monoisotopic (exact) mass is 139 g/mol. The van der Waals surface area contributed by atoms with Gasteiger partial charge >= 0.3 is 0 Å². The van der Waals surface area contributed by atoms with Gasteiger partial charge in [-0.1, -0.05) is 6.42 Å². The molecule has 0 aromatic heterocycles. The van der Waals surface area contributed by atoms with E-state index in [2.05, 4.69) is 5.32 Å². The number of carbonyl (C=O) groups excluding carboxylic acids is 1. The van der Waals surface area contributed by atoms with Crippen molar-refractivity contribution in [3.05, 3.63) is 0 Å². The molecule has 1 saturated carbocycles. The first-order chi connectivity index (χ1) is 4.81. The predicted molar refractivity (Wildman–Crippen MR) is 38.8 cm³/mol. The van der Waals surface area contributed by atoms with Crippen LogP contribution < -0.4 is 5.32 Å². The molecule has 1 spiro atoms. The van der Waals surface area contributed by atoms with Crippen LogP contribution in [0.4, 0.5) is 0 Å². The number of nitrogens with one attached hydrogen (secondary N) is 1. The molecule has 1 N–H and O–H groups in total. The minimum atomic E-state index is 0.273. The molecule has 2 nitrogen and oxygen atoms in total. The summed E-state index contributed by atoms with van der Waals surface area (Å²) in [4.78, 5) is 10.7. The number of rotatable bonds is 0. The van der Waals surface area contributed by atoms with Crippen LogP contribution in [0.5, 0.6) is 0 Å². The van der Waals surface area contributed by atoms with Crippen molar-refractivity contribution in [1.82, 2.24) is 5.32 Å². The van der Waals surface area contributed by atoms with Crippen molar-refractivity contribution >= 4 is 5.78 Å². The molecule has 2 aliphatic rings. The van der Waals surface area contributed by atoms with E-state index in [0.717, 1.165) is 19.4 Å². The van der Waals surface area contributed by atoms with E-state index in [0.29, 0.717) is 5.78 Å². The van der Waals surface area contributed by atoms with Gasteiger partial charge in [-0.2, -0.15) is 0 Å². The number of hydrogen-bond acceptors (Lipinski definition) is 2. The topological polar surface area (TPSA) is 29.1 Å². The first kappa shape index (κ1) is 6.35. The van der Waals surface area contributed by atoms with Gasteiger partial charge in [0, 0.05) is 18.4 Å². The molecular formula is C8H13NO. The normalized spacial score (nSPS) is 30.2.